The Balaban J connectivity index is 2.05. The first-order valence-corrected chi connectivity index (χ1v) is 7.43. The molecule has 0 aliphatic heterocycles. The Morgan fingerprint density at radius 3 is 2.89 bits per heavy atom. The van der Waals surface area contributed by atoms with Crippen LogP contribution in [0.15, 0.2) is 51.2 Å². The lowest BCUT2D eigenvalue weighted by Gasteiger charge is -2.09. The van der Waals surface area contributed by atoms with E-state index in [1.807, 2.05) is 41.9 Å². The number of hydrogen-bond acceptors (Lipinski definition) is 3. The molecule has 3 aromatic rings. The Hall–Kier alpha value is -1.59. The van der Waals surface area contributed by atoms with Crippen LogP contribution in [-0.4, -0.2) is 4.57 Å². The van der Waals surface area contributed by atoms with Crippen molar-refractivity contribution in [2.75, 3.05) is 5.73 Å². The number of anilines is 1. The van der Waals surface area contributed by atoms with Crippen LogP contribution in [0.4, 0.5) is 5.69 Å². The topological polar surface area (TPSA) is 48.0 Å². The van der Waals surface area contributed by atoms with E-state index < -0.39 is 0 Å². The molecule has 0 amide bonds. The van der Waals surface area contributed by atoms with Crippen molar-refractivity contribution in [2.24, 2.45) is 0 Å². The summed E-state index contributed by atoms with van der Waals surface area (Å²) in [6.45, 7) is 0.490. The van der Waals surface area contributed by atoms with Gasteiger partial charge in [0, 0.05) is 21.1 Å². The molecule has 0 saturated heterocycles. The third-order valence-corrected chi connectivity index (χ3v) is 4.42. The number of pyridine rings is 1. The summed E-state index contributed by atoms with van der Waals surface area (Å²) in [5.74, 6) is 0. The van der Waals surface area contributed by atoms with Gasteiger partial charge in [-0.3, -0.25) is 4.79 Å². The lowest BCUT2D eigenvalue weighted by Crippen LogP contribution is -2.19. The van der Waals surface area contributed by atoms with Crippen LogP contribution in [0.25, 0.3) is 10.1 Å². The van der Waals surface area contributed by atoms with E-state index in [4.69, 9.17) is 5.73 Å². The number of nitrogens with two attached hydrogens (primary N) is 1. The van der Waals surface area contributed by atoms with Gasteiger partial charge in [-0.15, -0.1) is 11.3 Å². The Bertz CT molecular complexity index is 807. The predicted molar refractivity (Wildman–Crippen MR) is 83.7 cm³/mol. The molecule has 0 radical (unpaired) electrons. The van der Waals surface area contributed by atoms with Crippen molar-refractivity contribution in [2.45, 2.75) is 6.54 Å². The first-order chi connectivity index (χ1) is 9.15. The summed E-state index contributed by atoms with van der Waals surface area (Å²) >= 11 is 4.95. The summed E-state index contributed by atoms with van der Waals surface area (Å²) in [6.07, 6.45) is 1.82. The molecule has 2 aromatic heterocycles. The second-order valence-corrected chi connectivity index (χ2v) is 6.15. The minimum Gasteiger partial charge on any atom is -0.398 e. The van der Waals surface area contributed by atoms with Crippen LogP contribution in [0.2, 0.25) is 0 Å². The van der Waals surface area contributed by atoms with Crippen molar-refractivity contribution in [1.82, 2.24) is 4.57 Å². The summed E-state index contributed by atoms with van der Waals surface area (Å²) < 4.78 is 3.65. The fourth-order valence-electron chi connectivity index (χ4n) is 2.02. The highest BCUT2D eigenvalue weighted by atomic mass is 79.9. The quantitative estimate of drug-likeness (QED) is 0.729. The van der Waals surface area contributed by atoms with Gasteiger partial charge >= 0.3 is 0 Å². The number of thiophene rings is 1. The molecule has 3 rings (SSSR count). The number of fused-ring (bicyclic) bond motifs is 1. The molecule has 96 valence electrons. The lowest BCUT2D eigenvalue weighted by atomic mass is 10.2. The maximum atomic E-state index is 12.3. The summed E-state index contributed by atoms with van der Waals surface area (Å²) in [6, 6.07) is 9.55. The summed E-state index contributed by atoms with van der Waals surface area (Å²) in [5.41, 5.74) is 7.63. The molecule has 19 heavy (non-hydrogen) atoms. The monoisotopic (exact) mass is 334 g/mol. The standard InChI is InChI=1S/C14H11BrN2OS/c15-10-2-1-9(12(16)7-10)8-17-5-3-13-11(14(17)18)4-6-19-13/h1-7H,8,16H2. The second kappa shape index (κ2) is 4.83. The van der Waals surface area contributed by atoms with Gasteiger partial charge in [0.05, 0.1) is 11.9 Å². The molecular weight excluding hydrogens is 324 g/mol. The minimum absolute atomic E-state index is 0.0288. The molecule has 0 unspecified atom stereocenters. The molecule has 0 bridgehead atoms. The summed E-state index contributed by atoms with van der Waals surface area (Å²) in [7, 11) is 0. The van der Waals surface area contributed by atoms with Gasteiger partial charge in [0.1, 0.15) is 0 Å². The predicted octanol–water partition coefficient (Wildman–Crippen LogP) is 3.46. The molecule has 0 saturated carbocycles. The number of halogens is 1. The van der Waals surface area contributed by atoms with E-state index in [0.29, 0.717) is 12.2 Å². The molecule has 0 aliphatic carbocycles. The maximum absolute atomic E-state index is 12.3. The van der Waals surface area contributed by atoms with Crippen molar-refractivity contribution in [3.63, 3.8) is 0 Å². The number of nitrogen functional groups attached to an aromatic ring is 1. The van der Waals surface area contributed by atoms with E-state index in [-0.39, 0.29) is 5.56 Å². The second-order valence-electron chi connectivity index (χ2n) is 4.29. The van der Waals surface area contributed by atoms with Crippen molar-refractivity contribution >= 4 is 43.0 Å². The van der Waals surface area contributed by atoms with Crippen LogP contribution >= 0.6 is 27.3 Å². The fourth-order valence-corrected chi connectivity index (χ4v) is 3.18. The fraction of sp³-hybridized carbons (Fsp3) is 0.0714. The van der Waals surface area contributed by atoms with E-state index in [0.717, 1.165) is 20.1 Å². The summed E-state index contributed by atoms with van der Waals surface area (Å²) in [4.78, 5) is 12.3. The molecule has 3 nitrogen and oxygen atoms in total. The molecule has 0 fully saturated rings. The third kappa shape index (κ3) is 2.31. The van der Waals surface area contributed by atoms with Crippen molar-refractivity contribution in [1.29, 1.82) is 0 Å². The van der Waals surface area contributed by atoms with Crippen LogP contribution in [0, 0.1) is 0 Å². The number of nitrogens with zero attached hydrogens (tertiary/aromatic N) is 1. The molecule has 0 spiro atoms. The molecule has 0 aliphatic rings. The highest BCUT2D eigenvalue weighted by molar-refractivity contribution is 9.10. The molecule has 5 heteroatoms. The Morgan fingerprint density at radius 1 is 1.26 bits per heavy atom. The Morgan fingerprint density at radius 2 is 2.11 bits per heavy atom. The maximum Gasteiger partial charge on any atom is 0.259 e. The number of benzene rings is 1. The zero-order valence-electron chi connectivity index (χ0n) is 9.97. The minimum atomic E-state index is 0.0288. The number of aromatic nitrogens is 1. The molecule has 1 aromatic carbocycles. The van der Waals surface area contributed by atoms with Crippen LogP contribution in [0.1, 0.15) is 5.56 Å². The smallest absolute Gasteiger partial charge is 0.259 e. The van der Waals surface area contributed by atoms with Gasteiger partial charge in [-0.25, -0.2) is 0 Å². The first-order valence-electron chi connectivity index (χ1n) is 5.76. The van der Waals surface area contributed by atoms with Gasteiger partial charge < -0.3 is 10.3 Å². The average Bonchev–Trinajstić information content (AvgIpc) is 2.85. The Kier molecular flexibility index (Phi) is 3.16. The van der Waals surface area contributed by atoms with E-state index in [1.54, 1.807) is 15.9 Å². The largest absolute Gasteiger partial charge is 0.398 e. The van der Waals surface area contributed by atoms with Crippen molar-refractivity contribution in [3.8, 4) is 0 Å². The molecule has 2 N–H and O–H groups in total. The van der Waals surface area contributed by atoms with Gasteiger partial charge in [-0.05, 0) is 35.2 Å². The zero-order valence-corrected chi connectivity index (χ0v) is 12.4. The van der Waals surface area contributed by atoms with Gasteiger partial charge in [-0.1, -0.05) is 22.0 Å². The molecule has 2 heterocycles. The normalized spacial score (nSPS) is 11.0. The van der Waals surface area contributed by atoms with E-state index in [1.165, 1.54) is 0 Å². The van der Waals surface area contributed by atoms with Crippen molar-refractivity contribution in [3.05, 3.63) is 62.3 Å². The van der Waals surface area contributed by atoms with Crippen LogP contribution in [0.3, 0.4) is 0 Å². The first kappa shape index (κ1) is 12.4. The van der Waals surface area contributed by atoms with E-state index in [9.17, 15) is 4.79 Å². The average molecular weight is 335 g/mol. The Labute approximate surface area is 122 Å². The highest BCUT2D eigenvalue weighted by Crippen LogP contribution is 2.20. The summed E-state index contributed by atoms with van der Waals surface area (Å²) in [5, 5.41) is 2.70. The number of hydrogen-bond donors (Lipinski definition) is 1. The van der Waals surface area contributed by atoms with Crippen molar-refractivity contribution < 1.29 is 0 Å². The van der Waals surface area contributed by atoms with Gasteiger partial charge in [0.15, 0.2) is 0 Å². The number of rotatable bonds is 2. The zero-order chi connectivity index (χ0) is 13.4. The lowest BCUT2D eigenvalue weighted by molar-refractivity contribution is 0.770. The SMILES string of the molecule is Nc1cc(Br)ccc1Cn1ccc2sccc2c1=O. The van der Waals surface area contributed by atoms with Crippen LogP contribution < -0.4 is 11.3 Å². The molecular formula is C14H11BrN2OS. The van der Waals surface area contributed by atoms with Crippen LogP contribution in [0.5, 0.6) is 0 Å². The van der Waals surface area contributed by atoms with Gasteiger partial charge in [0.2, 0.25) is 0 Å². The van der Waals surface area contributed by atoms with E-state index in [2.05, 4.69) is 15.9 Å². The highest BCUT2D eigenvalue weighted by Gasteiger charge is 2.06. The van der Waals surface area contributed by atoms with Crippen LogP contribution in [-0.2, 0) is 6.54 Å². The van der Waals surface area contributed by atoms with Gasteiger partial charge in [0.25, 0.3) is 5.56 Å². The van der Waals surface area contributed by atoms with Gasteiger partial charge in [-0.2, -0.15) is 0 Å². The molecule has 0 atom stereocenters. The third-order valence-electron chi connectivity index (χ3n) is 3.04. The van der Waals surface area contributed by atoms with E-state index >= 15 is 0 Å².